The molecule has 2 aromatic rings. The largest absolute Gasteiger partial charge is 0.337 e. The highest BCUT2D eigenvalue weighted by atomic mass is 16.2. The zero-order chi connectivity index (χ0) is 23.1. The molecule has 7 nitrogen and oxygen atoms in total. The van der Waals surface area contributed by atoms with Crippen LogP contribution >= 0.6 is 0 Å². The molecule has 1 aromatic carbocycles. The molecule has 1 atom stereocenters. The van der Waals surface area contributed by atoms with Crippen LogP contribution < -0.4 is 5.32 Å². The molecule has 168 valence electrons. The Bertz CT molecular complexity index is 1020. The minimum atomic E-state index is -0.173. The quantitative estimate of drug-likeness (QED) is 0.480. The fourth-order valence-electron chi connectivity index (χ4n) is 3.62. The van der Waals surface area contributed by atoms with Crippen molar-refractivity contribution in [3.63, 3.8) is 0 Å². The summed E-state index contributed by atoms with van der Waals surface area (Å²) in [6, 6.07) is 10.9. The number of hydrogen-bond acceptors (Lipinski definition) is 4. The summed E-state index contributed by atoms with van der Waals surface area (Å²) >= 11 is 0. The van der Waals surface area contributed by atoms with Crippen molar-refractivity contribution in [2.45, 2.75) is 39.5 Å². The van der Waals surface area contributed by atoms with Gasteiger partial charge in [-0.1, -0.05) is 38.1 Å². The highest BCUT2D eigenvalue weighted by Gasteiger charge is 2.28. The van der Waals surface area contributed by atoms with E-state index < -0.39 is 0 Å². The van der Waals surface area contributed by atoms with E-state index in [1.165, 1.54) is 0 Å². The number of aromatic amines is 1. The van der Waals surface area contributed by atoms with Crippen LogP contribution in [0, 0.1) is 5.92 Å². The van der Waals surface area contributed by atoms with E-state index in [4.69, 9.17) is 0 Å². The Hall–Kier alpha value is -3.48. The highest BCUT2D eigenvalue weighted by molar-refractivity contribution is 5.95. The second-order valence-corrected chi connectivity index (χ2v) is 8.43. The van der Waals surface area contributed by atoms with Crippen LogP contribution in [0.15, 0.2) is 64.9 Å². The van der Waals surface area contributed by atoms with E-state index in [1.54, 1.807) is 12.1 Å². The maximum absolute atomic E-state index is 12.8. The molecule has 7 heteroatoms. The molecule has 1 saturated heterocycles. The van der Waals surface area contributed by atoms with E-state index >= 15 is 0 Å². The third-order valence-electron chi connectivity index (χ3n) is 5.59. The van der Waals surface area contributed by atoms with E-state index in [0.717, 1.165) is 18.5 Å². The summed E-state index contributed by atoms with van der Waals surface area (Å²) in [6.07, 6.45) is 5.46. The summed E-state index contributed by atoms with van der Waals surface area (Å²) in [5, 5.41) is 10.1. The van der Waals surface area contributed by atoms with Crippen molar-refractivity contribution in [1.82, 2.24) is 20.4 Å². The molecule has 1 aliphatic rings. The molecule has 0 aliphatic carbocycles. The van der Waals surface area contributed by atoms with Gasteiger partial charge in [-0.05, 0) is 62.6 Å². The Morgan fingerprint density at radius 2 is 2.09 bits per heavy atom. The number of aliphatic imine (C=N–C) groups is 1. The lowest BCUT2D eigenvalue weighted by Gasteiger charge is -2.15. The Morgan fingerprint density at radius 1 is 1.34 bits per heavy atom. The minimum Gasteiger partial charge on any atom is -0.337 e. The van der Waals surface area contributed by atoms with Gasteiger partial charge in [-0.2, -0.15) is 5.10 Å². The zero-order valence-electron chi connectivity index (χ0n) is 19.0. The molecule has 2 N–H and O–H groups in total. The second-order valence-electron chi connectivity index (χ2n) is 8.43. The van der Waals surface area contributed by atoms with Crippen molar-refractivity contribution in [2.24, 2.45) is 10.9 Å². The van der Waals surface area contributed by atoms with E-state index in [1.807, 2.05) is 48.2 Å². The molecular weight excluding hydrogens is 402 g/mol. The molecule has 0 bridgehead atoms. The molecule has 1 unspecified atom stereocenters. The average molecular weight is 434 g/mol. The van der Waals surface area contributed by atoms with Gasteiger partial charge >= 0.3 is 0 Å². The minimum absolute atomic E-state index is 0.0381. The van der Waals surface area contributed by atoms with Crippen molar-refractivity contribution in [2.75, 3.05) is 13.1 Å². The second kappa shape index (κ2) is 10.7. The number of rotatable bonds is 8. The maximum Gasteiger partial charge on any atom is 0.274 e. The summed E-state index contributed by atoms with van der Waals surface area (Å²) in [5.41, 5.74) is 3.42. The number of H-pyrrole nitrogens is 1. The molecule has 1 aliphatic heterocycles. The third kappa shape index (κ3) is 6.03. The summed E-state index contributed by atoms with van der Waals surface area (Å²) < 4.78 is 0. The van der Waals surface area contributed by atoms with Crippen LogP contribution in [-0.2, 0) is 0 Å². The fourth-order valence-corrected chi connectivity index (χ4v) is 3.62. The summed E-state index contributed by atoms with van der Waals surface area (Å²) in [4.78, 5) is 31.2. The van der Waals surface area contributed by atoms with Gasteiger partial charge in [-0.25, -0.2) is 0 Å². The average Bonchev–Trinajstić information content (AvgIpc) is 3.47. The molecule has 0 radical (unpaired) electrons. The molecule has 1 fully saturated rings. The van der Waals surface area contributed by atoms with Crippen LogP contribution in [0.1, 0.15) is 66.1 Å². The maximum atomic E-state index is 12.8. The molecule has 2 amide bonds. The number of aromatic nitrogens is 2. The topological polar surface area (TPSA) is 90.4 Å². The first kappa shape index (κ1) is 23.2. The van der Waals surface area contributed by atoms with E-state index in [-0.39, 0.29) is 11.8 Å². The molecule has 0 saturated carbocycles. The number of allylic oxidation sites excluding steroid dienone is 3. The predicted octanol–water partition coefficient (Wildman–Crippen LogP) is 4.30. The van der Waals surface area contributed by atoms with Crippen molar-refractivity contribution in [3.8, 4) is 0 Å². The van der Waals surface area contributed by atoms with Crippen LogP contribution in [0.3, 0.4) is 0 Å². The molecule has 32 heavy (non-hydrogen) atoms. The normalized spacial score (nSPS) is 17.0. The van der Waals surface area contributed by atoms with Crippen molar-refractivity contribution < 1.29 is 9.59 Å². The van der Waals surface area contributed by atoms with E-state index in [2.05, 4.69) is 41.1 Å². The summed E-state index contributed by atoms with van der Waals surface area (Å²) in [7, 11) is 0. The first-order chi connectivity index (χ1) is 15.4. The molecule has 0 spiro atoms. The number of carbonyl (C=O) groups excluding carboxylic acids is 2. The predicted molar refractivity (Wildman–Crippen MR) is 127 cm³/mol. The van der Waals surface area contributed by atoms with Crippen LogP contribution in [0.4, 0.5) is 0 Å². The zero-order valence-corrected chi connectivity index (χ0v) is 19.0. The van der Waals surface area contributed by atoms with Gasteiger partial charge in [0.1, 0.15) is 5.69 Å². The van der Waals surface area contributed by atoms with E-state index in [9.17, 15) is 9.59 Å². The lowest BCUT2D eigenvalue weighted by molar-refractivity contribution is 0.0781. The third-order valence-corrected chi connectivity index (χ3v) is 5.59. The van der Waals surface area contributed by atoms with Crippen molar-refractivity contribution in [1.29, 1.82) is 0 Å². The van der Waals surface area contributed by atoms with Gasteiger partial charge in [0.25, 0.3) is 11.8 Å². The molecule has 3 rings (SSSR count). The van der Waals surface area contributed by atoms with Crippen LogP contribution in [0.25, 0.3) is 0 Å². The molecular formula is C25H31N5O2. The standard InChI is InChI=1S/C25H31N5O2/c1-17(2)22-15-23(29-28-22)25(32)30-13-12-19(16-30)10-11-21(14-18(3)26-4)27-24(31)20-8-6-5-7-9-20/h5-9,11,14-15,17,19H,4,10,12-13,16H2,1-3H3,(H,27,31)(H,28,29)/b18-14-,21-11+. The Kier molecular flexibility index (Phi) is 7.76. The number of hydrogen-bond donors (Lipinski definition) is 2. The lowest BCUT2D eigenvalue weighted by Crippen LogP contribution is -2.29. The fraction of sp³-hybridized carbons (Fsp3) is 0.360. The Morgan fingerprint density at radius 3 is 2.75 bits per heavy atom. The smallest absolute Gasteiger partial charge is 0.274 e. The van der Waals surface area contributed by atoms with Crippen molar-refractivity contribution in [3.05, 3.63) is 76.9 Å². The van der Waals surface area contributed by atoms with E-state index in [0.29, 0.717) is 47.6 Å². The van der Waals surface area contributed by atoms with Gasteiger partial charge in [0.15, 0.2) is 0 Å². The summed E-state index contributed by atoms with van der Waals surface area (Å²) in [6.45, 7) is 10.9. The van der Waals surface area contributed by atoms with Crippen LogP contribution in [0.5, 0.6) is 0 Å². The molecule has 2 heterocycles. The lowest BCUT2D eigenvalue weighted by atomic mass is 10.0. The van der Waals surface area contributed by atoms with Gasteiger partial charge in [0.05, 0.1) is 0 Å². The van der Waals surface area contributed by atoms with Crippen LogP contribution in [0.2, 0.25) is 0 Å². The van der Waals surface area contributed by atoms with Gasteiger partial charge in [-0.15, -0.1) is 0 Å². The monoisotopic (exact) mass is 433 g/mol. The number of nitrogens with one attached hydrogen (secondary N) is 2. The first-order valence-corrected chi connectivity index (χ1v) is 10.9. The highest BCUT2D eigenvalue weighted by Crippen LogP contribution is 2.23. The summed E-state index contributed by atoms with van der Waals surface area (Å²) in [5.74, 6) is 0.402. The van der Waals surface area contributed by atoms with Gasteiger partial charge in [0.2, 0.25) is 0 Å². The number of nitrogens with zero attached hydrogens (tertiary/aromatic N) is 3. The van der Waals surface area contributed by atoms with Crippen LogP contribution in [-0.4, -0.2) is 46.7 Å². The number of carbonyl (C=O) groups is 2. The molecule has 1 aromatic heterocycles. The van der Waals surface area contributed by atoms with Gasteiger partial charge < -0.3 is 10.2 Å². The number of likely N-dealkylation sites (tertiary alicyclic amines) is 1. The number of amides is 2. The Balaban J connectivity index is 1.64. The Labute approximate surface area is 189 Å². The van der Waals surface area contributed by atoms with Crippen molar-refractivity contribution >= 4 is 18.5 Å². The first-order valence-electron chi connectivity index (χ1n) is 10.9. The van der Waals surface area contributed by atoms with Gasteiger partial charge in [0, 0.05) is 35.7 Å². The number of benzene rings is 1. The SMILES string of the molecule is C=N/C(C)=C\C(=C/CC1CCN(C(=O)c2cc(C(C)C)[nH]n2)C1)NC(=O)c1ccccc1. The van der Waals surface area contributed by atoms with Gasteiger partial charge in [-0.3, -0.25) is 19.7 Å².